The van der Waals surface area contributed by atoms with Crippen LogP contribution in [0.25, 0.3) is 11.3 Å². The van der Waals surface area contributed by atoms with Crippen molar-refractivity contribution in [1.29, 1.82) is 5.26 Å². The van der Waals surface area contributed by atoms with Gasteiger partial charge in [-0.1, -0.05) is 12.1 Å². The first-order valence-electron chi connectivity index (χ1n) is 9.98. The molecule has 0 saturated carbocycles. The average Bonchev–Trinajstić information content (AvgIpc) is 3.24. The normalized spacial score (nSPS) is 13.6. The van der Waals surface area contributed by atoms with E-state index in [0.29, 0.717) is 41.4 Å². The Morgan fingerprint density at radius 1 is 1.35 bits per heavy atom. The van der Waals surface area contributed by atoms with Gasteiger partial charge in [0.15, 0.2) is 17.3 Å². The predicted molar refractivity (Wildman–Crippen MR) is 110 cm³/mol. The largest absolute Gasteiger partial charge is 0.494 e. The highest BCUT2D eigenvalue weighted by atomic mass is 19.1. The molecule has 3 heterocycles. The van der Waals surface area contributed by atoms with E-state index in [1.807, 2.05) is 20.0 Å². The minimum absolute atomic E-state index is 0.000513. The van der Waals surface area contributed by atoms with Gasteiger partial charge in [0.05, 0.1) is 30.5 Å². The lowest BCUT2D eigenvalue weighted by molar-refractivity contribution is 0.305. The highest BCUT2D eigenvalue weighted by molar-refractivity contribution is 5.68. The number of benzene rings is 1. The van der Waals surface area contributed by atoms with Crippen molar-refractivity contribution < 1.29 is 13.7 Å². The Bertz CT molecular complexity index is 1240. The molecule has 1 aliphatic heterocycles. The van der Waals surface area contributed by atoms with Crippen LogP contribution in [0.5, 0.6) is 5.75 Å². The molecule has 2 aromatic heterocycles. The number of halogens is 1. The number of aryl methyl sites for hydroxylation is 1. The van der Waals surface area contributed by atoms with Gasteiger partial charge in [0.2, 0.25) is 0 Å². The third-order valence-electron chi connectivity index (χ3n) is 5.46. The average molecular weight is 423 g/mol. The van der Waals surface area contributed by atoms with Crippen LogP contribution in [0.15, 0.2) is 27.5 Å². The van der Waals surface area contributed by atoms with Crippen LogP contribution in [-0.2, 0) is 25.9 Å². The number of hydrogen-bond acceptors (Lipinski definition) is 7. The maximum atomic E-state index is 13.9. The summed E-state index contributed by atoms with van der Waals surface area (Å²) in [6.45, 7) is 3.59. The van der Waals surface area contributed by atoms with Crippen LogP contribution in [0.1, 0.15) is 35.3 Å². The van der Waals surface area contributed by atoms with Crippen molar-refractivity contribution in [3.8, 4) is 23.1 Å². The van der Waals surface area contributed by atoms with Crippen molar-refractivity contribution in [2.45, 2.75) is 32.9 Å². The first-order chi connectivity index (χ1) is 14.9. The number of ether oxygens (including phenoxy) is 1. The van der Waals surface area contributed by atoms with Crippen molar-refractivity contribution in [1.82, 2.24) is 19.6 Å². The molecule has 0 aliphatic carbocycles. The van der Waals surface area contributed by atoms with Gasteiger partial charge in [-0.25, -0.2) is 9.37 Å². The lowest BCUT2D eigenvalue weighted by atomic mass is 10.0. The van der Waals surface area contributed by atoms with Gasteiger partial charge in [-0.3, -0.25) is 9.36 Å². The van der Waals surface area contributed by atoms with Crippen molar-refractivity contribution in [3.05, 3.63) is 62.7 Å². The summed E-state index contributed by atoms with van der Waals surface area (Å²) < 4.78 is 26.0. The number of rotatable bonds is 5. The van der Waals surface area contributed by atoms with E-state index in [2.05, 4.69) is 10.1 Å². The lowest BCUT2D eigenvalue weighted by Crippen LogP contribution is -2.37. The van der Waals surface area contributed by atoms with Crippen LogP contribution >= 0.6 is 0 Å². The molecular weight excluding hydrogens is 401 g/mol. The molecule has 0 N–H and O–H groups in total. The van der Waals surface area contributed by atoms with Gasteiger partial charge in [-0.05, 0) is 19.2 Å². The summed E-state index contributed by atoms with van der Waals surface area (Å²) >= 11 is 0. The van der Waals surface area contributed by atoms with Gasteiger partial charge >= 0.3 is 0 Å². The fourth-order valence-electron chi connectivity index (χ4n) is 3.81. The van der Waals surface area contributed by atoms with E-state index in [1.54, 1.807) is 10.6 Å². The van der Waals surface area contributed by atoms with Gasteiger partial charge in [0, 0.05) is 37.6 Å². The SMILES string of the molecule is CCc1nc2c(c(=O)n1Cc1cc(-c3cc(OC)c(F)cc3C#N)on1)CN(C)CC2. The fraction of sp³-hybridized carbons (Fsp3) is 0.364. The third kappa shape index (κ3) is 3.82. The number of aromatic nitrogens is 3. The maximum Gasteiger partial charge on any atom is 0.258 e. The van der Waals surface area contributed by atoms with Crippen LogP contribution < -0.4 is 10.3 Å². The molecule has 0 fully saturated rings. The summed E-state index contributed by atoms with van der Waals surface area (Å²) in [6, 6.07) is 6.10. The van der Waals surface area contributed by atoms with Gasteiger partial charge in [-0.2, -0.15) is 5.26 Å². The molecule has 1 aliphatic rings. The molecule has 31 heavy (non-hydrogen) atoms. The van der Waals surface area contributed by atoms with Crippen LogP contribution in [-0.4, -0.2) is 40.3 Å². The predicted octanol–water partition coefficient (Wildman–Crippen LogP) is 2.52. The molecule has 0 radical (unpaired) electrons. The van der Waals surface area contributed by atoms with E-state index >= 15 is 0 Å². The summed E-state index contributed by atoms with van der Waals surface area (Å²) in [5.41, 5.74) is 2.49. The standard InChI is InChI=1S/C22H22FN5O3/c1-4-21-25-18-5-6-27(2)12-16(18)22(29)28(21)11-14-8-19(31-26-14)15-9-20(30-3)17(23)7-13(15)10-24/h7-9H,4-6,11-12H2,1-3H3. The van der Waals surface area contributed by atoms with Crippen LogP contribution in [0.3, 0.4) is 0 Å². The van der Waals surface area contributed by atoms with Crippen molar-refractivity contribution in [2.75, 3.05) is 20.7 Å². The molecule has 8 nitrogen and oxygen atoms in total. The van der Waals surface area contributed by atoms with E-state index in [9.17, 15) is 14.4 Å². The molecule has 0 amide bonds. The highest BCUT2D eigenvalue weighted by Crippen LogP contribution is 2.30. The second-order valence-electron chi connectivity index (χ2n) is 7.51. The Labute approximate surface area is 178 Å². The van der Waals surface area contributed by atoms with E-state index in [4.69, 9.17) is 14.2 Å². The lowest BCUT2D eigenvalue weighted by Gasteiger charge is -2.25. The first-order valence-corrected chi connectivity index (χ1v) is 9.98. The summed E-state index contributed by atoms with van der Waals surface area (Å²) in [4.78, 5) is 20.0. The van der Waals surface area contributed by atoms with Crippen molar-refractivity contribution >= 4 is 0 Å². The van der Waals surface area contributed by atoms with Crippen LogP contribution in [0, 0.1) is 17.1 Å². The number of fused-ring (bicyclic) bond motifs is 1. The highest BCUT2D eigenvalue weighted by Gasteiger charge is 2.22. The third-order valence-corrected chi connectivity index (χ3v) is 5.46. The van der Waals surface area contributed by atoms with E-state index in [1.165, 1.54) is 13.2 Å². The second-order valence-corrected chi connectivity index (χ2v) is 7.51. The Kier molecular flexibility index (Phi) is 5.57. The smallest absolute Gasteiger partial charge is 0.258 e. The zero-order chi connectivity index (χ0) is 22.1. The number of likely N-dealkylation sites (N-methyl/N-ethyl adjacent to an activating group) is 1. The molecule has 9 heteroatoms. The van der Waals surface area contributed by atoms with Gasteiger partial charge in [-0.15, -0.1) is 0 Å². The number of nitriles is 1. The summed E-state index contributed by atoms with van der Waals surface area (Å²) in [5.74, 6) is 0.354. The Morgan fingerprint density at radius 2 is 2.16 bits per heavy atom. The molecule has 160 valence electrons. The topological polar surface area (TPSA) is 97.2 Å². The van der Waals surface area contributed by atoms with Gasteiger partial charge in [0.1, 0.15) is 17.6 Å². The molecule has 1 aromatic carbocycles. The van der Waals surface area contributed by atoms with Gasteiger partial charge < -0.3 is 14.2 Å². The maximum absolute atomic E-state index is 13.9. The van der Waals surface area contributed by atoms with Gasteiger partial charge in [0.25, 0.3) is 5.56 Å². The minimum atomic E-state index is -0.633. The molecule has 0 saturated heterocycles. The van der Waals surface area contributed by atoms with E-state index < -0.39 is 5.82 Å². The molecular formula is C22H22FN5O3. The molecule has 0 unspecified atom stereocenters. The van der Waals surface area contributed by atoms with E-state index in [-0.39, 0.29) is 23.4 Å². The number of nitrogens with zero attached hydrogens (tertiary/aromatic N) is 5. The van der Waals surface area contributed by atoms with Crippen LogP contribution in [0.2, 0.25) is 0 Å². The number of methoxy groups -OCH3 is 1. The zero-order valence-corrected chi connectivity index (χ0v) is 17.6. The van der Waals surface area contributed by atoms with E-state index in [0.717, 1.165) is 24.7 Å². The monoisotopic (exact) mass is 423 g/mol. The first kappa shape index (κ1) is 20.8. The summed E-state index contributed by atoms with van der Waals surface area (Å²) in [7, 11) is 3.33. The molecule has 3 aromatic rings. The summed E-state index contributed by atoms with van der Waals surface area (Å²) in [6.07, 6.45) is 1.36. The Balaban J connectivity index is 1.72. The Morgan fingerprint density at radius 3 is 2.87 bits per heavy atom. The summed E-state index contributed by atoms with van der Waals surface area (Å²) in [5, 5.41) is 13.4. The molecule has 0 bridgehead atoms. The van der Waals surface area contributed by atoms with Crippen LogP contribution in [0.4, 0.5) is 4.39 Å². The number of hydrogen-bond donors (Lipinski definition) is 0. The van der Waals surface area contributed by atoms with Crippen molar-refractivity contribution in [3.63, 3.8) is 0 Å². The molecule has 0 spiro atoms. The second kappa shape index (κ2) is 8.32. The quantitative estimate of drug-likeness (QED) is 0.622. The molecule has 4 rings (SSSR count). The minimum Gasteiger partial charge on any atom is -0.494 e. The Hall–Kier alpha value is -3.51. The fourth-order valence-corrected chi connectivity index (χ4v) is 3.81. The van der Waals surface area contributed by atoms with Crippen molar-refractivity contribution in [2.24, 2.45) is 0 Å². The zero-order valence-electron chi connectivity index (χ0n) is 17.6. The molecule has 0 atom stereocenters.